The maximum atomic E-state index is 12.9. The predicted octanol–water partition coefficient (Wildman–Crippen LogP) is 6.63. The highest BCUT2D eigenvalue weighted by Gasteiger charge is 2.30. The summed E-state index contributed by atoms with van der Waals surface area (Å²) in [5, 5.41) is 19.2. The van der Waals surface area contributed by atoms with E-state index in [0.29, 0.717) is 16.8 Å². The minimum atomic E-state index is -4.41. The molecule has 0 atom stereocenters. The third-order valence-electron chi connectivity index (χ3n) is 4.75. The molecule has 0 saturated heterocycles. The Bertz CT molecular complexity index is 1120. The molecule has 0 saturated carbocycles. The Labute approximate surface area is 166 Å². The maximum Gasteiger partial charge on any atom is 0.416 e. The number of nitrogens with one attached hydrogen (secondary N) is 1. The van der Waals surface area contributed by atoms with Gasteiger partial charge in [0.25, 0.3) is 0 Å². The van der Waals surface area contributed by atoms with Gasteiger partial charge in [0.05, 0.1) is 11.3 Å². The van der Waals surface area contributed by atoms with Gasteiger partial charge in [0.1, 0.15) is 17.7 Å². The van der Waals surface area contributed by atoms with E-state index in [2.05, 4.69) is 11.9 Å². The number of unbranched alkanes of at least 4 members (excludes halogenated alkanes) is 1. The number of rotatable bonds is 5. The van der Waals surface area contributed by atoms with Gasteiger partial charge in [-0.15, -0.1) is 0 Å². The number of aryl methyl sites for hydroxylation is 1. The Hall–Kier alpha value is -3.51. The molecule has 146 valence electrons. The first-order valence-corrected chi connectivity index (χ1v) is 9.21. The minimum absolute atomic E-state index is 0.0713. The van der Waals surface area contributed by atoms with Crippen LogP contribution < -0.4 is 0 Å². The van der Waals surface area contributed by atoms with Gasteiger partial charge in [-0.2, -0.15) is 23.7 Å². The molecule has 0 amide bonds. The summed E-state index contributed by atoms with van der Waals surface area (Å²) in [6, 6.07) is 14.5. The SMILES string of the molecule is CCCCc1ccc2[nH]c(-c3ccc(C(F)(F)F)cc3)c(C=C(C#N)C#N)c2c1. The first-order valence-electron chi connectivity index (χ1n) is 9.21. The van der Waals surface area contributed by atoms with Crippen molar-refractivity contribution in [2.45, 2.75) is 32.4 Å². The average molecular weight is 393 g/mol. The number of alkyl halides is 3. The lowest BCUT2D eigenvalue weighted by Gasteiger charge is -2.07. The van der Waals surface area contributed by atoms with Crippen molar-refractivity contribution in [3.63, 3.8) is 0 Å². The Morgan fingerprint density at radius 3 is 2.34 bits per heavy atom. The molecule has 3 rings (SSSR count). The van der Waals surface area contributed by atoms with Gasteiger partial charge in [0.15, 0.2) is 0 Å². The van der Waals surface area contributed by atoms with Gasteiger partial charge < -0.3 is 4.98 Å². The third kappa shape index (κ3) is 4.33. The molecule has 3 aromatic rings. The number of aromatic nitrogens is 1. The zero-order valence-electron chi connectivity index (χ0n) is 15.8. The summed E-state index contributed by atoms with van der Waals surface area (Å²) in [4.78, 5) is 3.23. The highest BCUT2D eigenvalue weighted by atomic mass is 19.4. The van der Waals surface area contributed by atoms with Crippen molar-refractivity contribution >= 4 is 17.0 Å². The van der Waals surface area contributed by atoms with Crippen LogP contribution in [-0.4, -0.2) is 4.98 Å². The highest BCUT2D eigenvalue weighted by Crippen LogP contribution is 2.35. The minimum Gasteiger partial charge on any atom is -0.354 e. The lowest BCUT2D eigenvalue weighted by Crippen LogP contribution is -2.04. The van der Waals surface area contributed by atoms with Crippen LogP contribution in [0.2, 0.25) is 0 Å². The topological polar surface area (TPSA) is 63.4 Å². The quantitative estimate of drug-likeness (QED) is 0.495. The molecule has 0 radical (unpaired) electrons. The van der Waals surface area contributed by atoms with Crippen LogP contribution in [0, 0.1) is 22.7 Å². The van der Waals surface area contributed by atoms with Crippen LogP contribution in [0.1, 0.15) is 36.5 Å². The van der Waals surface area contributed by atoms with Gasteiger partial charge in [-0.25, -0.2) is 0 Å². The van der Waals surface area contributed by atoms with Crippen molar-refractivity contribution in [2.75, 3.05) is 0 Å². The van der Waals surface area contributed by atoms with Crippen molar-refractivity contribution < 1.29 is 13.2 Å². The van der Waals surface area contributed by atoms with E-state index in [9.17, 15) is 23.7 Å². The van der Waals surface area contributed by atoms with Crippen LogP contribution in [-0.2, 0) is 12.6 Å². The molecule has 0 aliphatic rings. The molecule has 0 aliphatic carbocycles. The van der Waals surface area contributed by atoms with E-state index < -0.39 is 11.7 Å². The molecule has 0 bridgehead atoms. The van der Waals surface area contributed by atoms with Crippen LogP contribution >= 0.6 is 0 Å². The molecule has 0 aliphatic heterocycles. The number of nitriles is 2. The van der Waals surface area contributed by atoms with E-state index in [1.165, 1.54) is 18.2 Å². The summed E-state index contributed by atoms with van der Waals surface area (Å²) in [5.74, 6) is 0. The molecule has 1 aromatic heterocycles. The molecule has 6 heteroatoms. The van der Waals surface area contributed by atoms with Crippen LogP contribution in [0.4, 0.5) is 13.2 Å². The van der Waals surface area contributed by atoms with E-state index in [-0.39, 0.29) is 5.57 Å². The number of hydrogen-bond donors (Lipinski definition) is 1. The van der Waals surface area contributed by atoms with Crippen molar-refractivity contribution in [3.8, 4) is 23.4 Å². The van der Waals surface area contributed by atoms with Crippen molar-refractivity contribution in [2.24, 2.45) is 0 Å². The number of nitrogens with zero attached hydrogens (tertiary/aromatic N) is 2. The number of hydrogen-bond acceptors (Lipinski definition) is 2. The molecular formula is C23H18F3N3. The van der Waals surface area contributed by atoms with Crippen molar-refractivity contribution in [3.05, 3.63) is 64.7 Å². The molecule has 29 heavy (non-hydrogen) atoms. The van der Waals surface area contributed by atoms with Crippen LogP contribution in [0.25, 0.3) is 28.2 Å². The number of aromatic amines is 1. The van der Waals surface area contributed by atoms with Crippen LogP contribution in [0.5, 0.6) is 0 Å². The van der Waals surface area contributed by atoms with E-state index in [4.69, 9.17) is 0 Å². The molecule has 0 spiro atoms. The van der Waals surface area contributed by atoms with Gasteiger partial charge in [0.2, 0.25) is 0 Å². The number of allylic oxidation sites excluding steroid dienone is 1. The van der Waals surface area contributed by atoms with E-state index in [0.717, 1.165) is 47.9 Å². The first-order chi connectivity index (χ1) is 13.9. The van der Waals surface area contributed by atoms with E-state index in [1.807, 2.05) is 30.3 Å². The summed E-state index contributed by atoms with van der Waals surface area (Å²) < 4.78 is 38.7. The van der Waals surface area contributed by atoms with Gasteiger partial charge in [-0.05, 0) is 54.3 Å². The number of H-pyrrole nitrogens is 1. The van der Waals surface area contributed by atoms with Gasteiger partial charge >= 0.3 is 6.18 Å². The maximum absolute atomic E-state index is 12.9. The number of halogens is 3. The number of fused-ring (bicyclic) bond motifs is 1. The molecular weight excluding hydrogens is 375 g/mol. The fraction of sp³-hybridized carbons (Fsp3) is 0.217. The normalized spacial score (nSPS) is 11.1. The largest absolute Gasteiger partial charge is 0.416 e. The van der Waals surface area contributed by atoms with Gasteiger partial charge in [0, 0.05) is 16.5 Å². The van der Waals surface area contributed by atoms with Gasteiger partial charge in [-0.1, -0.05) is 31.5 Å². The zero-order chi connectivity index (χ0) is 21.0. The van der Waals surface area contributed by atoms with Crippen LogP contribution in [0.3, 0.4) is 0 Å². The standard InChI is InChI=1S/C23H18F3N3/c1-2-3-4-15-5-10-21-19(11-15)20(12-16(13-27)14-28)22(29-21)17-6-8-18(9-7-17)23(24,25)26/h5-12,29H,2-4H2,1H3. The summed E-state index contributed by atoms with van der Waals surface area (Å²) in [6.07, 6.45) is 0.0656. The van der Waals surface area contributed by atoms with E-state index in [1.54, 1.807) is 0 Å². The molecule has 3 nitrogen and oxygen atoms in total. The summed E-state index contributed by atoms with van der Waals surface area (Å²) in [7, 11) is 0. The second-order valence-corrected chi connectivity index (χ2v) is 6.75. The Morgan fingerprint density at radius 1 is 1.07 bits per heavy atom. The summed E-state index contributed by atoms with van der Waals surface area (Å²) in [5.41, 5.74) is 2.86. The second-order valence-electron chi connectivity index (χ2n) is 6.75. The molecule has 0 fully saturated rings. The van der Waals surface area contributed by atoms with Crippen LogP contribution in [0.15, 0.2) is 48.0 Å². The third-order valence-corrected chi connectivity index (χ3v) is 4.75. The fourth-order valence-corrected chi connectivity index (χ4v) is 3.23. The Kier molecular flexibility index (Phi) is 5.75. The predicted molar refractivity (Wildman–Crippen MR) is 107 cm³/mol. The fourth-order valence-electron chi connectivity index (χ4n) is 3.23. The lowest BCUT2D eigenvalue weighted by atomic mass is 10.00. The molecule has 1 heterocycles. The molecule has 2 aromatic carbocycles. The monoisotopic (exact) mass is 393 g/mol. The molecule has 0 unspecified atom stereocenters. The summed E-state index contributed by atoms with van der Waals surface area (Å²) in [6.45, 7) is 2.11. The van der Waals surface area contributed by atoms with Crippen molar-refractivity contribution in [1.29, 1.82) is 10.5 Å². The molecule has 1 N–H and O–H groups in total. The van der Waals surface area contributed by atoms with Crippen molar-refractivity contribution in [1.82, 2.24) is 4.98 Å². The lowest BCUT2D eigenvalue weighted by molar-refractivity contribution is -0.137. The number of benzene rings is 2. The van der Waals surface area contributed by atoms with Gasteiger partial charge in [-0.3, -0.25) is 0 Å². The smallest absolute Gasteiger partial charge is 0.354 e. The Morgan fingerprint density at radius 2 is 1.76 bits per heavy atom. The zero-order valence-corrected chi connectivity index (χ0v) is 15.8. The first kappa shape index (κ1) is 20.2. The average Bonchev–Trinajstić information content (AvgIpc) is 3.07. The second kappa shape index (κ2) is 8.24. The summed E-state index contributed by atoms with van der Waals surface area (Å²) >= 11 is 0. The Balaban J connectivity index is 2.19. The van der Waals surface area contributed by atoms with E-state index >= 15 is 0 Å². The highest BCUT2D eigenvalue weighted by molar-refractivity contribution is 5.98.